The highest BCUT2D eigenvalue weighted by atomic mass is 32.2. The van der Waals surface area contributed by atoms with E-state index in [4.69, 9.17) is 0 Å². The molecule has 68 valence electrons. The van der Waals surface area contributed by atoms with Gasteiger partial charge in [0.15, 0.2) is 0 Å². The highest BCUT2D eigenvalue weighted by molar-refractivity contribution is 8.03. The van der Waals surface area contributed by atoms with Crippen LogP contribution in [-0.2, 0) is 0 Å². The third kappa shape index (κ3) is 1.66. The summed E-state index contributed by atoms with van der Waals surface area (Å²) in [5.41, 5.74) is 1.50. The second-order valence-corrected chi connectivity index (χ2v) is 4.72. The standard InChI is InChI=1S/C12H14S/c1-3-10-8-9(2)13-12-7-5-4-6-11(10)12/h4-8,10H,3H2,1-2H3. The Morgan fingerprint density at radius 2 is 2.08 bits per heavy atom. The Kier molecular flexibility index (Phi) is 2.45. The first-order valence-electron chi connectivity index (χ1n) is 4.76. The van der Waals surface area contributed by atoms with E-state index in [1.54, 1.807) is 0 Å². The van der Waals surface area contributed by atoms with E-state index in [1.165, 1.54) is 21.8 Å². The van der Waals surface area contributed by atoms with Crippen LogP contribution in [0, 0.1) is 0 Å². The summed E-state index contributed by atoms with van der Waals surface area (Å²) in [6.45, 7) is 4.45. The molecule has 0 aromatic heterocycles. The Labute approximate surface area is 84.0 Å². The summed E-state index contributed by atoms with van der Waals surface area (Å²) in [7, 11) is 0. The summed E-state index contributed by atoms with van der Waals surface area (Å²) >= 11 is 1.89. The lowest BCUT2D eigenvalue weighted by molar-refractivity contribution is 0.782. The Morgan fingerprint density at radius 1 is 1.31 bits per heavy atom. The summed E-state index contributed by atoms with van der Waals surface area (Å²) in [6, 6.07) is 8.73. The second-order valence-electron chi connectivity index (χ2n) is 3.43. The van der Waals surface area contributed by atoms with Crippen molar-refractivity contribution < 1.29 is 0 Å². The molecule has 0 radical (unpaired) electrons. The van der Waals surface area contributed by atoms with E-state index in [9.17, 15) is 0 Å². The smallest absolute Gasteiger partial charge is 0.0156 e. The first kappa shape index (κ1) is 8.89. The van der Waals surface area contributed by atoms with Crippen LogP contribution in [0.3, 0.4) is 0 Å². The van der Waals surface area contributed by atoms with Crippen LogP contribution in [0.2, 0.25) is 0 Å². The van der Waals surface area contributed by atoms with E-state index in [0.29, 0.717) is 5.92 Å². The Bertz CT molecular complexity index is 339. The maximum Gasteiger partial charge on any atom is 0.0156 e. The Morgan fingerprint density at radius 3 is 2.85 bits per heavy atom. The molecule has 0 bridgehead atoms. The van der Waals surface area contributed by atoms with Crippen molar-refractivity contribution in [1.82, 2.24) is 0 Å². The molecular weight excluding hydrogens is 176 g/mol. The molecule has 1 aromatic carbocycles. The predicted octanol–water partition coefficient (Wildman–Crippen LogP) is 4.19. The van der Waals surface area contributed by atoms with Crippen LogP contribution in [0.1, 0.15) is 31.7 Å². The van der Waals surface area contributed by atoms with Gasteiger partial charge in [-0.3, -0.25) is 0 Å². The number of fused-ring (bicyclic) bond motifs is 1. The van der Waals surface area contributed by atoms with Crippen LogP contribution in [0.5, 0.6) is 0 Å². The number of hydrogen-bond donors (Lipinski definition) is 0. The Hall–Kier alpha value is -0.690. The quantitative estimate of drug-likeness (QED) is 0.640. The van der Waals surface area contributed by atoms with Crippen LogP contribution in [0.25, 0.3) is 0 Å². The first-order chi connectivity index (χ1) is 6.31. The topological polar surface area (TPSA) is 0 Å². The van der Waals surface area contributed by atoms with Gasteiger partial charge in [0.05, 0.1) is 0 Å². The van der Waals surface area contributed by atoms with Gasteiger partial charge in [-0.2, -0.15) is 0 Å². The van der Waals surface area contributed by atoms with E-state index >= 15 is 0 Å². The van der Waals surface area contributed by atoms with Crippen molar-refractivity contribution in [1.29, 1.82) is 0 Å². The summed E-state index contributed by atoms with van der Waals surface area (Å²) in [5.74, 6) is 0.637. The molecule has 0 spiro atoms. The fourth-order valence-corrected chi connectivity index (χ4v) is 2.86. The van der Waals surface area contributed by atoms with Crippen molar-refractivity contribution in [3.05, 3.63) is 40.8 Å². The molecule has 0 N–H and O–H groups in total. The highest BCUT2D eigenvalue weighted by Crippen LogP contribution is 2.40. The lowest BCUT2D eigenvalue weighted by Crippen LogP contribution is -2.00. The summed E-state index contributed by atoms with van der Waals surface area (Å²) in [5, 5.41) is 0. The zero-order chi connectivity index (χ0) is 9.26. The van der Waals surface area contributed by atoms with Gasteiger partial charge < -0.3 is 0 Å². The molecule has 0 amide bonds. The Balaban J connectivity index is 2.44. The molecule has 2 rings (SSSR count). The van der Waals surface area contributed by atoms with Crippen molar-refractivity contribution >= 4 is 11.8 Å². The molecule has 1 atom stereocenters. The van der Waals surface area contributed by atoms with Gasteiger partial charge in [-0.05, 0) is 29.9 Å². The van der Waals surface area contributed by atoms with Gasteiger partial charge in [-0.15, -0.1) is 0 Å². The van der Waals surface area contributed by atoms with Crippen LogP contribution >= 0.6 is 11.8 Å². The zero-order valence-corrected chi connectivity index (χ0v) is 8.90. The maximum atomic E-state index is 2.38. The van der Waals surface area contributed by atoms with Crippen molar-refractivity contribution in [3.8, 4) is 0 Å². The van der Waals surface area contributed by atoms with Crippen LogP contribution in [0.4, 0.5) is 0 Å². The molecule has 1 heterocycles. The largest absolute Gasteiger partial charge is 0.0949 e. The number of hydrogen-bond acceptors (Lipinski definition) is 1. The van der Waals surface area contributed by atoms with Crippen molar-refractivity contribution in [2.75, 3.05) is 0 Å². The predicted molar refractivity (Wildman–Crippen MR) is 59.1 cm³/mol. The van der Waals surface area contributed by atoms with Gasteiger partial charge in [0.25, 0.3) is 0 Å². The van der Waals surface area contributed by atoms with Gasteiger partial charge in [0.1, 0.15) is 0 Å². The van der Waals surface area contributed by atoms with Gasteiger partial charge in [-0.25, -0.2) is 0 Å². The third-order valence-electron chi connectivity index (χ3n) is 2.47. The molecule has 0 saturated heterocycles. The number of benzene rings is 1. The number of rotatable bonds is 1. The molecule has 0 aliphatic carbocycles. The van der Waals surface area contributed by atoms with Crippen molar-refractivity contribution in [3.63, 3.8) is 0 Å². The van der Waals surface area contributed by atoms with E-state index in [0.717, 1.165) is 0 Å². The minimum atomic E-state index is 0.637. The highest BCUT2D eigenvalue weighted by Gasteiger charge is 2.16. The lowest BCUT2D eigenvalue weighted by Gasteiger charge is -2.21. The summed E-state index contributed by atoms with van der Waals surface area (Å²) in [6.07, 6.45) is 3.59. The van der Waals surface area contributed by atoms with Gasteiger partial charge in [-0.1, -0.05) is 43.0 Å². The van der Waals surface area contributed by atoms with Crippen LogP contribution in [-0.4, -0.2) is 0 Å². The van der Waals surface area contributed by atoms with Crippen molar-refractivity contribution in [2.45, 2.75) is 31.1 Å². The van der Waals surface area contributed by atoms with E-state index in [-0.39, 0.29) is 0 Å². The third-order valence-corrected chi connectivity index (χ3v) is 3.51. The van der Waals surface area contributed by atoms with Gasteiger partial charge in [0, 0.05) is 10.8 Å². The van der Waals surface area contributed by atoms with E-state index in [1.807, 2.05) is 11.8 Å². The number of allylic oxidation sites excluding steroid dienone is 2. The van der Waals surface area contributed by atoms with E-state index in [2.05, 4.69) is 44.2 Å². The maximum absolute atomic E-state index is 2.38. The molecule has 1 unspecified atom stereocenters. The van der Waals surface area contributed by atoms with Gasteiger partial charge >= 0.3 is 0 Å². The van der Waals surface area contributed by atoms with Crippen LogP contribution in [0.15, 0.2) is 40.1 Å². The van der Waals surface area contributed by atoms with Crippen molar-refractivity contribution in [2.24, 2.45) is 0 Å². The SMILES string of the molecule is CCC1C=C(C)Sc2ccccc21. The lowest BCUT2D eigenvalue weighted by atomic mass is 9.96. The first-order valence-corrected chi connectivity index (χ1v) is 5.58. The molecule has 0 saturated carbocycles. The number of thioether (sulfide) groups is 1. The van der Waals surface area contributed by atoms with E-state index < -0.39 is 0 Å². The monoisotopic (exact) mass is 190 g/mol. The van der Waals surface area contributed by atoms with Gasteiger partial charge in [0.2, 0.25) is 0 Å². The molecule has 1 aromatic rings. The molecule has 0 fully saturated rings. The second kappa shape index (κ2) is 3.59. The molecule has 0 nitrogen and oxygen atoms in total. The molecule has 1 heteroatoms. The van der Waals surface area contributed by atoms with Crippen LogP contribution < -0.4 is 0 Å². The minimum Gasteiger partial charge on any atom is -0.0949 e. The summed E-state index contributed by atoms with van der Waals surface area (Å²) < 4.78 is 0. The average molecular weight is 190 g/mol. The minimum absolute atomic E-state index is 0.637. The molecule has 1 aliphatic rings. The molecule has 13 heavy (non-hydrogen) atoms. The fraction of sp³-hybridized carbons (Fsp3) is 0.333. The fourth-order valence-electron chi connectivity index (χ4n) is 1.80. The summed E-state index contributed by atoms with van der Waals surface area (Å²) in [4.78, 5) is 2.87. The zero-order valence-electron chi connectivity index (χ0n) is 8.08. The molecule has 1 aliphatic heterocycles. The average Bonchev–Trinajstić information content (AvgIpc) is 2.16. The normalized spacial score (nSPS) is 20.8. The molecular formula is C12H14S.